The van der Waals surface area contributed by atoms with Gasteiger partial charge < -0.3 is 60.3 Å². The Morgan fingerprint density at radius 1 is 0.341 bits per heavy atom. The summed E-state index contributed by atoms with van der Waals surface area (Å²) in [6, 6.07) is 11.8. The number of benzene rings is 2. The predicted octanol–water partition coefficient (Wildman–Crippen LogP) is 7.61. The fourth-order valence-corrected chi connectivity index (χ4v) is 7.73. The fourth-order valence-electron chi connectivity index (χ4n) is 7.73. The standard InChI is InChI=1S/C60H92N6O16/c1-57(2,3)79-47(67)35-43(63-53(73)45(37-49(69)81-59(7,8)9)65-55(75)77-39-41-29-23-21-24-30-41)51(71)61-33-27-19-17-15-13-14-16-18-20-28-34-62-52(72)44(36-48(68)80-58(4,5)6)64-54(74)46(38-50(70)82-60(10,11)12)66-56(76)78-40-42-31-25-22-26-32-42/h21-26,29-32,43-46H,13-20,27-28,33-40H2,1-12H3,(H,61,71)(H,62,72)(H,63,73)(H,64,74)(H,65,75)(H,66,76). The molecule has 0 aliphatic carbocycles. The lowest BCUT2D eigenvalue weighted by Crippen LogP contribution is -2.55. The number of alkyl carbamates (subject to hydrolysis) is 2. The van der Waals surface area contributed by atoms with E-state index in [0.29, 0.717) is 24.0 Å². The van der Waals surface area contributed by atoms with Crippen LogP contribution in [-0.4, -0.2) is 119 Å². The van der Waals surface area contributed by atoms with Crippen molar-refractivity contribution >= 4 is 59.7 Å². The molecule has 0 aliphatic heterocycles. The highest BCUT2D eigenvalue weighted by Crippen LogP contribution is 2.16. The molecule has 82 heavy (non-hydrogen) atoms. The van der Waals surface area contributed by atoms with Gasteiger partial charge in [0.1, 0.15) is 59.8 Å². The van der Waals surface area contributed by atoms with Crippen LogP contribution >= 0.6 is 0 Å². The van der Waals surface area contributed by atoms with Crippen LogP contribution in [0.5, 0.6) is 0 Å². The minimum Gasteiger partial charge on any atom is -0.460 e. The Bertz CT molecular complexity index is 2190. The second kappa shape index (κ2) is 35.6. The molecule has 0 radical (unpaired) electrons. The van der Waals surface area contributed by atoms with Crippen molar-refractivity contribution < 1.29 is 76.4 Å². The number of hydrogen-bond donors (Lipinski definition) is 6. The summed E-state index contributed by atoms with van der Waals surface area (Å²) in [6.07, 6.45) is 4.31. The van der Waals surface area contributed by atoms with Crippen molar-refractivity contribution in [2.45, 2.75) is 233 Å². The molecule has 2 aromatic carbocycles. The van der Waals surface area contributed by atoms with Gasteiger partial charge in [-0.3, -0.25) is 38.4 Å². The first-order chi connectivity index (χ1) is 38.3. The molecular weight excluding hydrogens is 1060 g/mol. The van der Waals surface area contributed by atoms with Crippen LogP contribution in [0.1, 0.15) is 184 Å². The van der Waals surface area contributed by atoms with Crippen molar-refractivity contribution in [3.63, 3.8) is 0 Å². The van der Waals surface area contributed by atoms with Gasteiger partial charge in [-0.15, -0.1) is 0 Å². The van der Waals surface area contributed by atoms with Crippen LogP contribution in [0.25, 0.3) is 0 Å². The van der Waals surface area contributed by atoms with Crippen LogP contribution in [-0.2, 0) is 80.0 Å². The number of amides is 6. The Morgan fingerprint density at radius 3 is 0.841 bits per heavy atom. The van der Waals surface area contributed by atoms with Crippen molar-refractivity contribution in [1.82, 2.24) is 31.9 Å². The van der Waals surface area contributed by atoms with E-state index in [9.17, 15) is 47.9 Å². The van der Waals surface area contributed by atoms with E-state index in [0.717, 1.165) is 51.4 Å². The first-order valence-electron chi connectivity index (χ1n) is 28.3. The van der Waals surface area contributed by atoms with Crippen LogP contribution < -0.4 is 31.9 Å². The van der Waals surface area contributed by atoms with Crippen LogP contribution in [0.15, 0.2) is 60.7 Å². The lowest BCUT2D eigenvalue weighted by molar-refractivity contribution is -0.158. The molecule has 0 saturated heterocycles. The molecular formula is C60H92N6O16. The van der Waals surface area contributed by atoms with Crippen molar-refractivity contribution in [3.05, 3.63) is 71.8 Å². The average molecular weight is 1150 g/mol. The monoisotopic (exact) mass is 1150 g/mol. The van der Waals surface area contributed by atoms with E-state index in [1.54, 1.807) is 144 Å². The molecule has 6 amide bonds. The molecule has 2 aromatic rings. The van der Waals surface area contributed by atoms with Crippen LogP contribution in [0, 0.1) is 0 Å². The lowest BCUT2D eigenvalue weighted by atomic mass is 10.1. The number of hydrogen-bond acceptors (Lipinski definition) is 16. The van der Waals surface area contributed by atoms with Gasteiger partial charge in [-0.05, 0) is 107 Å². The van der Waals surface area contributed by atoms with E-state index in [1.165, 1.54) is 0 Å². The van der Waals surface area contributed by atoms with Gasteiger partial charge in [0.05, 0.1) is 25.7 Å². The molecule has 6 N–H and O–H groups in total. The first-order valence-corrected chi connectivity index (χ1v) is 28.3. The third-order valence-electron chi connectivity index (χ3n) is 11.3. The maximum atomic E-state index is 13.7. The van der Waals surface area contributed by atoms with E-state index < -0.39 is 132 Å². The average Bonchev–Trinajstić information content (AvgIpc) is 3.35. The van der Waals surface area contributed by atoms with E-state index >= 15 is 0 Å². The minimum absolute atomic E-state index is 0.109. The lowest BCUT2D eigenvalue weighted by Gasteiger charge is -2.25. The van der Waals surface area contributed by atoms with E-state index in [4.69, 9.17) is 28.4 Å². The summed E-state index contributed by atoms with van der Waals surface area (Å²) in [6.45, 7) is 20.2. The number of carbonyl (C=O) groups is 10. The van der Waals surface area contributed by atoms with Gasteiger partial charge >= 0.3 is 36.1 Å². The summed E-state index contributed by atoms with van der Waals surface area (Å²) >= 11 is 0. The number of carbonyl (C=O) groups excluding carboxylic acids is 10. The Kier molecular flexibility index (Phi) is 30.7. The van der Waals surface area contributed by atoms with E-state index in [1.807, 2.05) is 0 Å². The van der Waals surface area contributed by atoms with Gasteiger partial charge in [-0.1, -0.05) is 112 Å². The Labute approximate surface area is 484 Å². The minimum atomic E-state index is -1.52. The van der Waals surface area contributed by atoms with Crippen molar-refractivity contribution in [2.75, 3.05) is 13.1 Å². The Hall–Kier alpha value is -7.26. The molecule has 0 heterocycles. The first kappa shape index (κ1) is 70.8. The van der Waals surface area contributed by atoms with Gasteiger partial charge in [0.25, 0.3) is 0 Å². The Balaban J connectivity index is 1.89. The molecule has 22 heteroatoms. The zero-order valence-electron chi connectivity index (χ0n) is 50.3. The zero-order chi connectivity index (χ0) is 61.5. The second-order valence-electron chi connectivity index (χ2n) is 23.9. The molecule has 22 nitrogen and oxygen atoms in total. The highest BCUT2D eigenvalue weighted by atomic mass is 16.6. The largest absolute Gasteiger partial charge is 0.460 e. The van der Waals surface area contributed by atoms with E-state index in [2.05, 4.69) is 31.9 Å². The third kappa shape index (κ3) is 34.8. The van der Waals surface area contributed by atoms with Gasteiger partial charge in [0.15, 0.2) is 0 Å². The summed E-state index contributed by atoms with van der Waals surface area (Å²) in [5.74, 6) is -6.21. The molecule has 0 saturated carbocycles. The third-order valence-corrected chi connectivity index (χ3v) is 11.3. The van der Waals surface area contributed by atoms with Crippen molar-refractivity contribution in [1.29, 1.82) is 0 Å². The van der Waals surface area contributed by atoms with Crippen LogP contribution in [0.4, 0.5) is 9.59 Å². The van der Waals surface area contributed by atoms with Gasteiger partial charge in [0.2, 0.25) is 23.6 Å². The summed E-state index contributed by atoms with van der Waals surface area (Å²) in [5.41, 5.74) is -2.17. The molecule has 0 bridgehead atoms. The van der Waals surface area contributed by atoms with Crippen LogP contribution in [0.3, 0.4) is 0 Å². The summed E-state index contributed by atoms with van der Waals surface area (Å²) < 4.78 is 32.2. The predicted molar refractivity (Wildman–Crippen MR) is 305 cm³/mol. The summed E-state index contributed by atoms with van der Waals surface area (Å²) in [5, 5.41) is 15.4. The Morgan fingerprint density at radius 2 is 0.585 bits per heavy atom. The van der Waals surface area contributed by atoms with Crippen LogP contribution in [0.2, 0.25) is 0 Å². The van der Waals surface area contributed by atoms with Crippen molar-refractivity contribution in [2.24, 2.45) is 0 Å². The SMILES string of the molecule is CC(C)(C)OC(=O)CC(NC(=O)OCc1ccccc1)C(=O)NC(CC(=O)OC(C)(C)C)C(=O)NCCCCCCCCCCCCNC(=O)C(CC(=O)OC(C)(C)C)NC(=O)C(CC(=O)OC(C)(C)C)NC(=O)OCc1ccccc1. The van der Waals surface area contributed by atoms with E-state index in [-0.39, 0.29) is 26.3 Å². The maximum Gasteiger partial charge on any atom is 0.408 e. The summed E-state index contributed by atoms with van der Waals surface area (Å²) in [4.78, 5) is 132. The fraction of sp³-hybridized carbons (Fsp3) is 0.633. The molecule has 2 rings (SSSR count). The molecule has 0 aliphatic rings. The second-order valence-corrected chi connectivity index (χ2v) is 23.9. The van der Waals surface area contributed by atoms with Gasteiger partial charge in [-0.2, -0.15) is 0 Å². The van der Waals surface area contributed by atoms with Crippen molar-refractivity contribution in [3.8, 4) is 0 Å². The number of nitrogens with one attached hydrogen (secondary N) is 6. The number of unbranched alkanes of at least 4 members (excludes halogenated alkanes) is 9. The highest BCUT2D eigenvalue weighted by molar-refractivity contribution is 5.96. The molecule has 4 atom stereocenters. The molecule has 4 unspecified atom stereocenters. The molecule has 0 fully saturated rings. The number of esters is 4. The maximum absolute atomic E-state index is 13.7. The normalized spacial score (nSPS) is 13.1. The zero-order valence-corrected chi connectivity index (χ0v) is 50.3. The summed E-state index contributed by atoms with van der Waals surface area (Å²) in [7, 11) is 0. The number of ether oxygens (including phenoxy) is 6. The highest BCUT2D eigenvalue weighted by Gasteiger charge is 2.35. The van der Waals surface area contributed by atoms with Gasteiger partial charge in [-0.25, -0.2) is 9.59 Å². The molecule has 0 aromatic heterocycles. The molecule has 458 valence electrons. The molecule has 0 spiro atoms. The topological polar surface area (TPSA) is 298 Å². The quantitative estimate of drug-likeness (QED) is 0.0228. The van der Waals surface area contributed by atoms with Gasteiger partial charge in [0, 0.05) is 13.1 Å². The smallest absolute Gasteiger partial charge is 0.408 e. The number of rotatable bonds is 33.